The monoisotopic (exact) mass is 364 g/mol. The zero-order chi connectivity index (χ0) is 18.2. The van der Waals surface area contributed by atoms with Crippen LogP contribution in [0.4, 0.5) is 13.2 Å². The third-order valence-corrected chi connectivity index (χ3v) is 5.81. The van der Waals surface area contributed by atoms with Gasteiger partial charge in [0.25, 0.3) is 0 Å². The molecular weight excluding hydrogens is 329 g/mol. The second kappa shape index (κ2) is 10.8. The van der Waals surface area contributed by atoms with Gasteiger partial charge in [0, 0.05) is 19.6 Å². The van der Waals surface area contributed by atoms with Gasteiger partial charge in [-0.1, -0.05) is 26.7 Å². The van der Waals surface area contributed by atoms with Gasteiger partial charge in [-0.25, -0.2) is 13.2 Å². The molecule has 0 N–H and O–H groups in total. The maximum atomic E-state index is 14.7. The standard InChI is InChI=1S/C20H35F3O2/c1-3-5-6-12-24-14-7-8-15(17(21)13-14)16-9-10-18(25-11-4-2)20(23)19(16)22/h14-20H,3-13H2,1-2H3. The largest absolute Gasteiger partial charge is 0.378 e. The molecule has 2 fully saturated rings. The minimum Gasteiger partial charge on any atom is -0.378 e. The van der Waals surface area contributed by atoms with Crippen LogP contribution in [0, 0.1) is 11.8 Å². The first-order chi connectivity index (χ1) is 12.1. The van der Waals surface area contributed by atoms with Gasteiger partial charge in [0.15, 0.2) is 6.17 Å². The van der Waals surface area contributed by atoms with E-state index in [9.17, 15) is 13.2 Å². The van der Waals surface area contributed by atoms with Crippen LogP contribution in [0.3, 0.4) is 0 Å². The second-order valence-corrected chi connectivity index (χ2v) is 7.73. The summed E-state index contributed by atoms with van der Waals surface area (Å²) in [5.74, 6) is -0.900. The van der Waals surface area contributed by atoms with E-state index >= 15 is 0 Å². The molecule has 148 valence electrons. The Bertz CT molecular complexity index is 369. The predicted octanol–water partition coefficient (Wildman–Crippen LogP) is 5.58. The van der Waals surface area contributed by atoms with Crippen LogP contribution in [-0.2, 0) is 9.47 Å². The van der Waals surface area contributed by atoms with Crippen molar-refractivity contribution >= 4 is 0 Å². The van der Waals surface area contributed by atoms with E-state index in [-0.39, 0.29) is 12.0 Å². The first-order valence-electron chi connectivity index (χ1n) is 10.2. The number of alkyl halides is 3. The van der Waals surface area contributed by atoms with E-state index in [0.717, 1.165) is 32.1 Å². The Balaban J connectivity index is 1.80. The van der Waals surface area contributed by atoms with Crippen LogP contribution in [0.25, 0.3) is 0 Å². The number of hydrogen-bond acceptors (Lipinski definition) is 2. The van der Waals surface area contributed by atoms with E-state index in [1.807, 2.05) is 6.92 Å². The van der Waals surface area contributed by atoms with E-state index < -0.39 is 30.5 Å². The molecule has 0 amide bonds. The lowest BCUT2D eigenvalue weighted by molar-refractivity contribution is -0.102. The Kier molecular flexibility index (Phi) is 9.05. The molecule has 5 heteroatoms. The summed E-state index contributed by atoms with van der Waals surface area (Å²) in [6.07, 6.45) is 1.69. The topological polar surface area (TPSA) is 18.5 Å². The Morgan fingerprint density at radius 2 is 1.52 bits per heavy atom. The normalized spacial score (nSPS) is 39.5. The first-order valence-corrected chi connectivity index (χ1v) is 10.2. The summed E-state index contributed by atoms with van der Waals surface area (Å²) in [5.41, 5.74) is 0. The lowest BCUT2D eigenvalue weighted by atomic mass is 9.70. The fourth-order valence-electron chi connectivity index (χ4n) is 4.35. The van der Waals surface area contributed by atoms with E-state index in [1.54, 1.807) is 0 Å². The average molecular weight is 364 g/mol. The summed E-state index contributed by atoms with van der Waals surface area (Å²) in [6, 6.07) is 0. The first kappa shape index (κ1) is 21.0. The molecule has 0 aromatic heterocycles. The second-order valence-electron chi connectivity index (χ2n) is 7.73. The highest BCUT2D eigenvalue weighted by molar-refractivity contribution is 4.95. The van der Waals surface area contributed by atoms with Crippen molar-refractivity contribution < 1.29 is 22.6 Å². The number of rotatable bonds is 9. The van der Waals surface area contributed by atoms with E-state index in [4.69, 9.17) is 9.47 Å². The predicted molar refractivity (Wildman–Crippen MR) is 94.0 cm³/mol. The molecule has 0 heterocycles. The molecule has 2 saturated carbocycles. The van der Waals surface area contributed by atoms with Crippen LogP contribution in [0.2, 0.25) is 0 Å². The molecule has 0 aromatic rings. The van der Waals surface area contributed by atoms with Crippen LogP contribution in [0.1, 0.15) is 71.6 Å². The lowest BCUT2D eigenvalue weighted by Crippen LogP contribution is -2.48. The van der Waals surface area contributed by atoms with Crippen LogP contribution in [0.5, 0.6) is 0 Å². The van der Waals surface area contributed by atoms with Gasteiger partial charge in [-0.05, 0) is 50.4 Å². The molecule has 2 rings (SSSR count). The number of unbranched alkanes of at least 4 members (excludes halogenated alkanes) is 2. The minimum atomic E-state index is -1.62. The molecule has 0 radical (unpaired) electrons. The summed E-state index contributed by atoms with van der Waals surface area (Å²) < 4.78 is 54.8. The van der Waals surface area contributed by atoms with E-state index in [2.05, 4.69) is 6.92 Å². The molecule has 2 aliphatic carbocycles. The number of ether oxygens (including phenoxy) is 2. The molecule has 0 aliphatic heterocycles. The molecule has 0 saturated heterocycles. The Hall–Kier alpha value is -0.290. The molecule has 0 spiro atoms. The lowest BCUT2D eigenvalue weighted by Gasteiger charge is -2.42. The van der Waals surface area contributed by atoms with Gasteiger partial charge in [-0.3, -0.25) is 0 Å². The fourth-order valence-corrected chi connectivity index (χ4v) is 4.35. The van der Waals surface area contributed by atoms with Gasteiger partial charge in [-0.15, -0.1) is 0 Å². The third-order valence-electron chi connectivity index (χ3n) is 5.81. The van der Waals surface area contributed by atoms with Crippen molar-refractivity contribution in [3.63, 3.8) is 0 Å². The van der Waals surface area contributed by atoms with Crippen LogP contribution in [0.15, 0.2) is 0 Å². The number of halogens is 3. The average Bonchev–Trinajstić information content (AvgIpc) is 2.61. The highest BCUT2D eigenvalue weighted by atomic mass is 19.2. The quantitative estimate of drug-likeness (QED) is 0.497. The van der Waals surface area contributed by atoms with Crippen LogP contribution >= 0.6 is 0 Å². The third kappa shape index (κ3) is 5.85. The SMILES string of the molecule is CCCCCOC1CCC(C2CCC(OCCC)C(F)C2F)C(F)C1. The van der Waals surface area contributed by atoms with Gasteiger partial charge in [0.1, 0.15) is 12.3 Å². The van der Waals surface area contributed by atoms with Crippen molar-refractivity contribution in [3.05, 3.63) is 0 Å². The smallest absolute Gasteiger partial charge is 0.157 e. The van der Waals surface area contributed by atoms with Crippen molar-refractivity contribution in [3.8, 4) is 0 Å². The summed E-state index contributed by atoms with van der Waals surface area (Å²) in [7, 11) is 0. The van der Waals surface area contributed by atoms with Crippen LogP contribution < -0.4 is 0 Å². The maximum absolute atomic E-state index is 14.7. The zero-order valence-electron chi connectivity index (χ0n) is 15.8. The molecular formula is C20H35F3O2. The molecule has 7 unspecified atom stereocenters. The van der Waals surface area contributed by atoms with Crippen molar-refractivity contribution in [2.45, 2.75) is 102 Å². The molecule has 2 nitrogen and oxygen atoms in total. The van der Waals surface area contributed by atoms with Crippen molar-refractivity contribution in [1.29, 1.82) is 0 Å². The van der Waals surface area contributed by atoms with E-state index in [1.165, 1.54) is 0 Å². The van der Waals surface area contributed by atoms with Crippen molar-refractivity contribution in [1.82, 2.24) is 0 Å². The summed E-state index contributed by atoms with van der Waals surface area (Å²) >= 11 is 0. The minimum absolute atomic E-state index is 0.0634. The van der Waals surface area contributed by atoms with Gasteiger partial charge in [0.05, 0.1) is 12.2 Å². The van der Waals surface area contributed by atoms with Crippen LogP contribution in [-0.4, -0.2) is 43.9 Å². The Morgan fingerprint density at radius 1 is 0.760 bits per heavy atom. The van der Waals surface area contributed by atoms with Crippen molar-refractivity contribution in [2.24, 2.45) is 11.8 Å². The highest BCUT2D eigenvalue weighted by Crippen LogP contribution is 2.43. The van der Waals surface area contributed by atoms with Gasteiger partial charge < -0.3 is 9.47 Å². The van der Waals surface area contributed by atoms with Gasteiger partial charge in [0.2, 0.25) is 0 Å². The highest BCUT2D eigenvalue weighted by Gasteiger charge is 2.47. The molecule has 2 aliphatic rings. The zero-order valence-corrected chi connectivity index (χ0v) is 15.8. The number of hydrogen-bond donors (Lipinski definition) is 0. The molecule has 0 bridgehead atoms. The maximum Gasteiger partial charge on any atom is 0.157 e. The molecule has 0 aromatic carbocycles. The Labute approximate surface area is 150 Å². The van der Waals surface area contributed by atoms with Gasteiger partial charge in [-0.2, -0.15) is 0 Å². The van der Waals surface area contributed by atoms with Gasteiger partial charge >= 0.3 is 0 Å². The Morgan fingerprint density at radius 3 is 2.20 bits per heavy atom. The molecule has 7 atom stereocenters. The molecule has 25 heavy (non-hydrogen) atoms. The summed E-state index contributed by atoms with van der Waals surface area (Å²) in [5, 5.41) is 0. The summed E-state index contributed by atoms with van der Waals surface area (Å²) in [4.78, 5) is 0. The summed E-state index contributed by atoms with van der Waals surface area (Å²) in [6.45, 7) is 5.21. The fraction of sp³-hybridized carbons (Fsp3) is 1.00. The van der Waals surface area contributed by atoms with E-state index in [0.29, 0.717) is 38.9 Å². The van der Waals surface area contributed by atoms with Crippen molar-refractivity contribution in [2.75, 3.05) is 13.2 Å².